The lowest BCUT2D eigenvalue weighted by Crippen LogP contribution is -3.00. The number of para-hydroxylation sites is 2. The number of benzene rings is 2. The Balaban J connectivity index is 0.00000228. The van der Waals surface area contributed by atoms with Gasteiger partial charge in [-0.05, 0) is 36.5 Å². The zero-order chi connectivity index (χ0) is 23.6. The van der Waals surface area contributed by atoms with Gasteiger partial charge >= 0.3 is 0 Å². The second-order valence-electron chi connectivity index (χ2n) is 9.14. The Morgan fingerprint density at radius 1 is 0.514 bits per heavy atom. The van der Waals surface area contributed by atoms with Crippen molar-refractivity contribution in [1.82, 2.24) is 0 Å². The van der Waals surface area contributed by atoms with Crippen LogP contribution < -0.4 is 57.1 Å². The molecule has 37 heavy (non-hydrogen) atoms. The lowest BCUT2D eigenvalue weighted by atomic mass is 10.1. The van der Waals surface area contributed by atoms with Crippen LogP contribution in [0.1, 0.15) is 51.4 Å². The molecule has 7 heteroatoms. The quantitative estimate of drug-likeness (QED) is 0.0878. The molecule has 0 radical (unpaired) electrons. The van der Waals surface area contributed by atoms with Crippen molar-refractivity contribution in [3.8, 4) is 0 Å². The maximum atomic E-state index is 2.27. The van der Waals surface area contributed by atoms with E-state index in [1.807, 2.05) is 23.5 Å². The predicted molar refractivity (Wildman–Crippen MR) is 152 cm³/mol. The van der Waals surface area contributed by atoms with E-state index in [-0.39, 0.29) is 53.4 Å². The number of aromatic nitrogens is 2. The first-order valence-corrected chi connectivity index (χ1v) is 14.7. The van der Waals surface area contributed by atoms with Crippen LogP contribution in [-0.2, 0) is 14.1 Å². The van der Waals surface area contributed by atoms with Crippen LogP contribution in [0.3, 0.4) is 0 Å². The van der Waals surface area contributed by atoms with E-state index < -0.39 is 0 Å². The average Bonchev–Trinajstić information content (AvgIpc) is 2.87. The number of aryl methyl sites for hydroxylation is 2. The Morgan fingerprint density at radius 2 is 0.865 bits per heavy atom. The molecule has 3 nitrogen and oxygen atoms in total. The van der Waals surface area contributed by atoms with Gasteiger partial charge in [0.1, 0.15) is 14.1 Å². The van der Waals surface area contributed by atoms with E-state index in [2.05, 4.69) is 96.3 Å². The van der Waals surface area contributed by atoms with Crippen molar-refractivity contribution in [3.63, 3.8) is 0 Å². The Hall–Kier alpha value is -0.620. The minimum absolute atomic E-state index is 0. The van der Waals surface area contributed by atoms with Crippen molar-refractivity contribution in [2.24, 2.45) is 14.1 Å². The smallest absolute Gasteiger partial charge is 0.213 e. The van der Waals surface area contributed by atoms with E-state index >= 15 is 0 Å². The zero-order valence-corrected chi connectivity index (χ0v) is 27.9. The highest BCUT2D eigenvalue weighted by molar-refractivity contribution is 7.99. The van der Waals surface area contributed by atoms with Gasteiger partial charge < -0.3 is 53.4 Å². The molecule has 0 saturated heterocycles. The van der Waals surface area contributed by atoms with Gasteiger partial charge in [0.15, 0.2) is 12.4 Å². The normalized spacial score (nSPS) is 10.5. The predicted octanol–water partition coefficient (Wildman–Crippen LogP) is 0.831. The Bertz CT molecular complexity index is 1130. The third-order valence-electron chi connectivity index (χ3n) is 6.55. The standard InChI is InChI=1S/C30H38N2S2.2HI.H2O/c1-31-21-19-29(25-15-9-11-17-27(25)31)33-23-13-7-5-3-4-6-8-14-24-34-30-20-22-32(2)28-18-12-10-16-26(28)30;;;/h9-12,15-22H,3-8,13-14,23-24H2,1-2H3;2*1H;1H2/q+2;;;/p-2. The summed E-state index contributed by atoms with van der Waals surface area (Å²) in [5, 5.41) is 2.76. The summed E-state index contributed by atoms with van der Waals surface area (Å²) in [6, 6.07) is 22.0. The SMILES string of the molecule is C[n+]1ccc(SCCCCCCCCCCSc2cc[n+](C)c3ccccc23)c2ccccc21.O.[I-].[I-]. The van der Waals surface area contributed by atoms with Crippen molar-refractivity contribution >= 4 is 45.3 Å². The number of thioether (sulfide) groups is 2. The minimum atomic E-state index is 0. The molecular weight excluding hydrogens is 722 g/mol. The monoisotopic (exact) mass is 762 g/mol. The van der Waals surface area contributed by atoms with E-state index in [9.17, 15) is 0 Å². The maximum absolute atomic E-state index is 2.27. The molecule has 0 amide bonds. The largest absolute Gasteiger partial charge is 1.00 e. The number of unbranched alkanes of at least 4 members (excludes halogenated alkanes) is 7. The third kappa shape index (κ3) is 10.1. The molecule has 0 aliphatic rings. The third-order valence-corrected chi connectivity index (χ3v) is 8.87. The van der Waals surface area contributed by atoms with Crippen LogP contribution in [0.5, 0.6) is 0 Å². The number of rotatable bonds is 13. The summed E-state index contributed by atoms with van der Waals surface area (Å²) in [5.41, 5.74) is 2.63. The average molecular weight is 763 g/mol. The molecule has 0 aliphatic heterocycles. The first-order chi connectivity index (χ1) is 16.7. The van der Waals surface area contributed by atoms with Crippen LogP contribution in [0.4, 0.5) is 0 Å². The summed E-state index contributed by atoms with van der Waals surface area (Å²) in [5.74, 6) is 2.45. The first-order valence-electron chi connectivity index (χ1n) is 12.7. The van der Waals surface area contributed by atoms with Crippen LogP contribution >= 0.6 is 23.5 Å². The Morgan fingerprint density at radius 3 is 1.27 bits per heavy atom. The lowest BCUT2D eigenvalue weighted by Gasteiger charge is -2.06. The summed E-state index contributed by atoms with van der Waals surface area (Å²) in [4.78, 5) is 2.84. The molecule has 2 aromatic carbocycles. The number of hydrogen-bond donors (Lipinski definition) is 0. The number of pyridine rings is 2. The fourth-order valence-corrected chi connectivity index (χ4v) is 6.67. The van der Waals surface area contributed by atoms with Crippen LogP contribution in [0, 0.1) is 0 Å². The molecule has 0 saturated carbocycles. The second kappa shape index (κ2) is 18.6. The van der Waals surface area contributed by atoms with E-state index in [0.29, 0.717) is 0 Å². The van der Waals surface area contributed by atoms with Gasteiger partial charge in [-0.15, -0.1) is 23.5 Å². The Kier molecular flexibility index (Phi) is 17.3. The minimum Gasteiger partial charge on any atom is -1.00 e. The molecular formula is C30H40I2N2OS2. The molecule has 4 aromatic rings. The highest BCUT2D eigenvalue weighted by Gasteiger charge is 2.10. The number of nitrogens with zero attached hydrogens (tertiary/aromatic N) is 2. The van der Waals surface area contributed by atoms with Gasteiger partial charge in [-0.1, -0.05) is 62.8 Å². The van der Waals surface area contributed by atoms with Gasteiger partial charge in [-0.25, -0.2) is 9.13 Å². The summed E-state index contributed by atoms with van der Waals surface area (Å²) in [6.07, 6.45) is 15.3. The number of fused-ring (bicyclic) bond motifs is 2. The summed E-state index contributed by atoms with van der Waals surface area (Å²) < 4.78 is 4.42. The highest BCUT2D eigenvalue weighted by Crippen LogP contribution is 2.28. The topological polar surface area (TPSA) is 39.3 Å². The highest BCUT2D eigenvalue weighted by atomic mass is 127. The molecule has 0 fully saturated rings. The van der Waals surface area contributed by atoms with Crippen LogP contribution in [-0.4, -0.2) is 17.0 Å². The van der Waals surface area contributed by atoms with Gasteiger partial charge in [0, 0.05) is 34.1 Å². The van der Waals surface area contributed by atoms with Crippen molar-refractivity contribution < 1.29 is 62.6 Å². The first kappa shape index (κ1) is 34.4. The molecule has 2 heterocycles. The van der Waals surface area contributed by atoms with Crippen molar-refractivity contribution in [3.05, 3.63) is 73.1 Å². The molecule has 2 N–H and O–H groups in total. The van der Waals surface area contributed by atoms with Crippen molar-refractivity contribution in [2.45, 2.75) is 61.2 Å². The molecule has 2 aromatic heterocycles. The van der Waals surface area contributed by atoms with E-state index in [1.54, 1.807) is 0 Å². The summed E-state index contributed by atoms with van der Waals surface area (Å²) in [7, 11) is 4.25. The second-order valence-corrected chi connectivity index (χ2v) is 11.4. The zero-order valence-electron chi connectivity index (χ0n) is 22.0. The van der Waals surface area contributed by atoms with Gasteiger partial charge in [0.25, 0.3) is 0 Å². The molecule has 0 spiro atoms. The summed E-state index contributed by atoms with van der Waals surface area (Å²) >= 11 is 4.04. The van der Waals surface area contributed by atoms with Crippen molar-refractivity contribution in [2.75, 3.05) is 11.5 Å². The maximum Gasteiger partial charge on any atom is 0.213 e. The molecule has 0 bridgehead atoms. The number of halogens is 2. The van der Waals surface area contributed by atoms with Crippen molar-refractivity contribution in [1.29, 1.82) is 0 Å². The van der Waals surface area contributed by atoms with Gasteiger partial charge in [0.2, 0.25) is 11.0 Å². The molecule has 202 valence electrons. The molecule has 0 unspecified atom stereocenters. The lowest BCUT2D eigenvalue weighted by molar-refractivity contribution is -0.645. The van der Waals surface area contributed by atoms with E-state index in [1.165, 1.54) is 94.5 Å². The van der Waals surface area contributed by atoms with E-state index in [0.717, 1.165) is 0 Å². The van der Waals surface area contributed by atoms with E-state index in [4.69, 9.17) is 0 Å². The van der Waals surface area contributed by atoms with Crippen LogP contribution in [0.2, 0.25) is 0 Å². The fourth-order valence-electron chi connectivity index (χ4n) is 4.56. The molecule has 0 aliphatic carbocycles. The number of hydrogen-bond acceptors (Lipinski definition) is 2. The van der Waals surface area contributed by atoms with Gasteiger partial charge in [-0.3, -0.25) is 0 Å². The van der Waals surface area contributed by atoms with Gasteiger partial charge in [-0.2, -0.15) is 0 Å². The van der Waals surface area contributed by atoms with Crippen LogP contribution in [0.25, 0.3) is 21.8 Å². The van der Waals surface area contributed by atoms with Gasteiger partial charge in [0.05, 0.1) is 10.8 Å². The summed E-state index contributed by atoms with van der Waals surface area (Å²) in [6.45, 7) is 0. The Labute approximate surface area is 265 Å². The molecule has 0 atom stereocenters. The van der Waals surface area contributed by atoms with Crippen LogP contribution in [0.15, 0.2) is 82.8 Å². The molecule has 4 rings (SSSR count). The fraction of sp³-hybridized carbons (Fsp3) is 0.400.